The molecular weight excluding hydrogens is 342 g/mol. The molecule has 0 saturated carbocycles. The molecule has 1 amide bonds. The van der Waals surface area contributed by atoms with Crippen LogP contribution in [-0.2, 0) is 4.74 Å². The normalized spacial score (nSPS) is 20.9. The minimum Gasteiger partial charge on any atom is -0.382 e. The Morgan fingerprint density at radius 1 is 1.46 bits per heavy atom. The number of carbonyl (C=O) groups is 1. The maximum atomic E-state index is 13.1. The van der Waals surface area contributed by atoms with Crippen molar-refractivity contribution in [2.24, 2.45) is 0 Å². The Morgan fingerprint density at radius 3 is 2.88 bits per heavy atom. The van der Waals surface area contributed by atoms with Crippen LogP contribution in [0.4, 0.5) is 5.13 Å². The van der Waals surface area contributed by atoms with Gasteiger partial charge in [0.15, 0.2) is 5.13 Å². The number of amides is 1. The Balaban J connectivity index is 1.88. The van der Waals surface area contributed by atoms with Crippen LogP contribution >= 0.6 is 22.7 Å². The van der Waals surface area contributed by atoms with E-state index in [4.69, 9.17) is 4.74 Å². The Labute approximate surface area is 151 Å². The molecule has 1 saturated heterocycles. The lowest BCUT2D eigenvalue weighted by molar-refractivity contribution is 0.0258. The van der Waals surface area contributed by atoms with E-state index in [0.717, 1.165) is 51.8 Å². The van der Waals surface area contributed by atoms with Crippen LogP contribution in [0.3, 0.4) is 0 Å². The summed E-state index contributed by atoms with van der Waals surface area (Å²) in [6, 6.07) is 2.01. The van der Waals surface area contributed by atoms with E-state index in [2.05, 4.69) is 16.8 Å². The fourth-order valence-corrected chi connectivity index (χ4v) is 5.71. The monoisotopic (exact) mass is 367 g/mol. The largest absolute Gasteiger partial charge is 0.382 e. The maximum absolute atomic E-state index is 13.1. The van der Waals surface area contributed by atoms with Crippen LogP contribution in [0, 0.1) is 0 Å². The van der Waals surface area contributed by atoms with Crippen molar-refractivity contribution in [3.63, 3.8) is 0 Å². The van der Waals surface area contributed by atoms with E-state index in [0.29, 0.717) is 6.61 Å². The number of thiophene rings is 1. The molecule has 1 fully saturated rings. The molecule has 0 aliphatic carbocycles. The quantitative estimate of drug-likeness (QED) is 0.778. The van der Waals surface area contributed by atoms with Gasteiger partial charge in [0.2, 0.25) is 0 Å². The van der Waals surface area contributed by atoms with Gasteiger partial charge >= 0.3 is 0 Å². The summed E-state index contributed by atoms with van der Waals surface area (Å²) in [5, 5.41) is 0.983. The van der Waals surface area contributed by atoms with E-state index in [9.17, 15) is 4.79 Å². The number of hydrogen-bond acceptors (Lipinski definition) is 6. The van der Waals surface area contributed by atoms with Gasteiger partial charge in [0, 0.05) is 27.7 Å². The number of hydrogen-bond donors (Lipinski definition) is 0. The smallest absolute Gasteiger partial charge is 0.264 e. The molecule has 0 N–H and O–H groups in total. The van der Waals surface area contributed by atoms with Crippen molar-refractivity contribution in [3.8, 4) is 0 Å². The van der Waals surface area contributed by atoms with Crippen LogP contribution in [-0.4, -0.2) is 55.7 Å². The second kappa shape index (κ2) is 6.98. The van der Waals surface area contributed by atoms with E-state index in [1.807, 2.05) is 25.1 Å². The lowest BCUT2D eigenvalue weighted by Crippen LogP contribution is -2.50. The average Bonchev–Trinajstić information content (AvgIpc) is 3.19. The lowest BCUT2D eigenvalue weighted by atomic mass is 9.91. The Bertz CT molecular complexity index is 685. The van der Waals surface area contributed by atoms with Gasteiger partial charge in [-0.05, 0) is 25.3 Å². The first-order valence-corrected chi connectivity index (χ1v) is 10.0. The molecule has 24 heavy (non-hydrogen) atoms. The maximum Gasteiger partial charge on any atom is 0.264 e. The minimum atomic E-state index is -0.139. The molecule has 2 aromatic heterocycles. The zero-order valence-electron chi connectivity index (χ0n) is 14.8. The highest BCUT2D eigenvalue weighted by molar-refractivity contribution is 7.29. The van der Waals surface area contributed by atoms with Crippen LogP contribution in [0.2, 0.25) is 0 Å². The first-order chi connectivity index (χ1) is 11.5. The van der Waals surface area contributed by atoms with Crippen LogP contribution < -0.4 is 4.90 Å². The van der Waals surface area contributed by atoms with Crippen molar-refractivity contribution in [2.75, 3.05) is 39.3 Å². The van der Waals surface area contributed by atoms with Crippen LogP contribution in [0.25, 0.3) is 9.53 Å². The van der Waals surface area contributed by atoms with E-state index < -0.39 is 0 Å². The van der Waals surface area contributed by atoms with Gasteiger partial charge in [0.25, 0.3) is 5.91 Å². The van der Waals surface area contributed by atoms with Gasteiger partial charge in [0.1, 0.15) is 4.83 Å². The summed E-state index contributed by atoms with van der Waals surface area (Å²) in [6.07, 6.45) is 4.14. The number of rotatable bonds is 6. The molecule has 0 radical (unpaired) electrons. The SMILES string of the molecule is CCCC1(COC)CCCN1C(=O)c1cc2sc(N(C)C)nc2s1. The molecule has 5 nitrogen and oxygen atoms in total. The number of carbonyl (C=O) groups excluding carboxylic acids is 1. The van der Waals surface area contributed by atoms with Crippen LogP contribution in [0.1, 0.15) is 42.3 Å². The summed E-state index contributed by atoms with van der Waals surface area (Å²) in [6.45, 7) is 3.62. The number of thiazole rings is 1. The molecule has 0 spiro atoms. The third-order valence-electron chi connectivity index (χ3n) is 4.64. The first kappa shape index (κ1) is 17.6. The van der Waals surface area contributed by atoms with Crippen molar-refractivity contribution in [1.82, 2.24) is 9.88 Å². The van der Waals surface area contributed by atoms with Crippen molar-refractivity contribution in [1.29, 1.82) is 0 Å². The number of likely N-dealkylation sites (tertiary alicyclic amines) is 1. The summed E-state index contributed by atoms with van der Waals surface area (Å²) in [7, 11) is 5.71. The fourth-order valence-electron chi connectivity index (χ4n) is 3.63. The third kappa shape index (κ3) is 3.05. The Hall–Kier alpha value is -1.18. The zero-order chi connectivity index (χ0) is 17.3. The molecule has 1 aliphatic heterocycles. The number of nitrogens with zero attached hydrogens (tertiary/aromatic N) is 3. The lowest BCUT2D eigenvalue weighted by Gasteiger charge is -2.38. The highest BCUT2D eigenvalue weighted by Gasteiger charge is 2.43. The Morgan fingerprint density at radius 2 is 2.25 bits per heavy atom. The second-order valence-electron chi connectivity index (χ2n) is 6.64. The Kier molecular flexibility index (Phi) is 5.13. The second-order valence-corrected chi connectivity index (χ2v) is 8.68. The standard InChI is InChI=1S/C17H25N3O2S2/c1-5-7-17(11-22-4)8-6-9-20(17)15(21)13-10-12-14(23-13)18-16(24-12)19(2)3/h10H,5-9,11H2,1-4H3. The fraction of sp³-hybridized carbons (Fsp3) is 0.647. The minimum absolute atomic E-state index is 0.139. The number of anilines is 1. The highest BCUT2D eigenvalue weighted by Crippen LogP contribution is 2.38. The van der Waals surface area contributed by atoms with E-state index in [-0.39, 0.29) is 11.4 Å². The summed E-state index contributed by atoms with van der Waals surface area (Å²) in [4.78, 5) is 23.6. The highest BCUT2D eigenvalue weighted by atomic mass is 32.1. The zero-order valence-corrected chi connectivity index (χ0v) is 16.4. The summed E-state index contributed by atoms with van der Waals surface area (Å²) in [5.74, 6) is 0.139. The summed E-state index contributed by atoms with van der Waals surface area (Å²) < 4.78 is 6.57. The van der Waals surface area contributed by atoms with Crippen LogP contribution in [0.15, 0.2) is 6.07 Å². The van der Waals surface area contributed by atoms with Gasteiger partial charge in [-0.15, -0.1) is 11.3 Å². The van der Waals surface area contributed by atoms with Crippen molar-refractivity contribution < 1.29 is 9.53 Å². The van der Waals surface area contributed by atoms with Crippen LogP contribution in [0.5, 0.6) is 0 Å². The molecule has 7 heteroatoms. The predicted octanol–water partition coefficient (Wildman–Crippen LogP) is 3.85. The molecule has 0 bridgehead atoms. The van der Waals surface area contributed by atoms with E-state index >= 15 is 0 Å². The van der Waals surface area contributed by atoms with Gasteiger partial charge in [-0.2, -0.15) is 0 Å². The van der Waals surface area contributed by atoms with Crippen molar-refractivity contribution >= 4 is 43.2 Å². The summed E-state index contributed by atoms with van der Waals surface area (Å²) in [5.41, 5.74) is -0.139. The number of methoxy groups -OCH3 is 1. The van der Waals surface area contributed by atoms with Gasteiger partial charge in [-0.25, -0.2) is 4.98 Å². The molecule has 1 atom stereocenters. The third-order valence-corrected chi connectivity index (χ3v) is 6.96. The molecule has 1 unspecified atom stereocenters. The number of aromatic nitrogens is 1. The van der Waals surface area contributed by atoms with Crippen molar-refractivity contribution in [2.45, 2.75) is 38.1 Å². The first-order valence-electron chi connectivity index (χ1n) is 8.39. The molecule has 3 heterocycles. The van der Waals surface area contributed by atoms with Gasteiger partial charge in [-0.1, -0.05) is 24.7 Å². The molecule has 1 aliphatic rings. The van der Waals surface area contributed by atoms with Gasteiger partial charge in [0.05, 0.1) is 21.7 Å². The molecule has 2 aromatic rings. The number of ether oxygens (including phenoxy) is 1. The van der Waals surface area contributed by atoms with Crippen molar-refractivity contribution in [3.05, 3.63) is 10.9 Å². The molecule has 132 valence electrons. The molecule has 0 aromatic carbocycles. The topological polar surface area (TPSA) is 45.7 Å². The van der Waals surface area contributed by atoms with Gasteiger partial charge in [-0.3, -0.25) is 4.79 Å². The summed E-state index contributed by atoms with van der Waals surface area (Å²) >= 11 is 3.14. The number of fused-ring (bicyclic) bond motifs is 1. The van der Waals surface area contributed by atoms with E-state index in [1.54, 1.807) is 18.4 Å². The molecular formula is C17H25N3O2S2. The predicted molar refractivity (Wildman–Crippen MR) is 102 cm³/mol. The van der Waals surface area contributed by atoms with E-state index in [1.165, 1.54) is 11.3 Å². The average molecular weight is 368 g/mol. The molecule has 3 rings (SSSR count). The van der Waals surface area contributed by atoms with Gasteiger partial charge < -0.3 is 14.5 Å².